The SMILES string of the molecule is CC(c1cc(F)ccc1F)N1CCc2cn3ncc(NC(=O)Oc4ccccc4)c3nc21. The van der Waals surface area contributed by atoms with E-state index >= 15 is 0 Å². The largest absolute Gasteiger partial charge is 0.417 e. The van der Waals surface area contributed by atoms with Gasteiger partial charge in [-0.15, -0.1) is 0 Å². The molecule has 32 heavy (non-hydrogen) atoms. The summed E-state index contributed by atoms with van der Waals surface area (Å²) in [6, 6.07) is 11.7. The number of para-hydroxylation sites is 1. The normalized spacial score (nSPS) is 13.8. The van der Waals surface area contributed by atoms with E-state index in [0.717, 1.165) is 17.7 Å². The standard InChI is InChI=1S/C23H19F2N5O2/c1-14(18-11-16(24)7-8-19(18)25)29-10-9-15-13-30-22(28-21(15)29)20(12-26-30)27-23(31)32-17-5-3-2-4-6-17/h2-8,11-14H,9-10H2,1H3,(H,27,31). The van der Waals surface area contributed by atoms with Gasteiger partial charge in [0.2, 0.25) is 0 Å². The Morgan fingerprint density at radius 2 is 2.00 bits per heavy atom. The third-order valence-electron chi connectivity index (χ3n) is 5.51. The van der Waals surface area contributed by atoms with Crippen molar-refractivity contribution in [1.82, 2.24) is 14.6 Å². The van der Waals surface area contributed by atoms with Crippen molar-refractivity contribution in [3.05, 3.63) is 83.7 Å². The second-order valence-electron chi connectivity index (χ2n) is 7.53. The maximum Gasteiger partial charge on any atom is 0.417 e. The summed E-state index contributed by atoms with van der Waals surface area (Å²) in [5.74, 6) is 0.0974. The van der Waals surface area contributed by atoms with Crippen LogP contribution in [0.1, 0.15) is 24.1 Å². The van der Waals surface area contributed by atoms with E-state index in [1.807, 2.05) is 24.1 Å². The monoisotopic (exact) mass is 435 g/mol. The number of fused-ring (bicyclic) bond motifs is 2. The minimum atomic E-state index is -0.666. The fourth-order valence-corrected chi connectivity index (χ4v) is 3.91. The minimum Gasteiger partial charge on any atom is -0.410 e. The third-order valence-corrected chi connectivity index (χ3v) is 5.51. The summed E-state index contributed by atoms with van der Waals surface area (Å²) in [7, 11) is 0. The summed E-state index contributed by atoms with van der Waals surface area (Å²) >= 11 is 0. The molecule has 1 aliphatic heterocycles. The molecular formula is C23H19F2N5O2. The predicted molar refractivity (Wildman–Crippen MR) is 115 cm³/mol. The van der Waals surface area contributed by atoms with E-state index in [4.69, 9.17) is 9.72 Å². The molecule has 1 aliphatic rings. The smallest absolute Gasteiger partial charge is 0.410 e. The van der Waals surface area contributed by atoms with E-state index < -0.39 is 23.8 Å². The number of hydrogen-bond donors (Lipinski definition) is 1. The molecule has 0 saturated heterocycles. The summed E-state index contributed by atoms with van der Waals surface area (Å²) in [6.07, 6.45) is 3.35. The van der Waals surface area contributed by atoms with E-state index in [0.29, 0.717) is 35.9 Å². The minimum absolute atomic E-state index is 0.262. The third kappa shape index (κ3) is 3.62. The average molecular weight is 435 g/mol. The highest BCUT2D eigenvalue weighted by atomic mass is 19.1. The molecule has 0 aliphatic carbocycles. The van der Waals surface area contributed by atoms with Gasteiger partial charge >= 0.3 is 6.09 Å². The van der Waals surface area contributed by atoms with Crippen LogP contribution in [0, 0.1) is 11.6 Å². The van der Waals surface area contributed by atoms with Gasteiger partial charge in [0.1, 0.15) is 28.9 Å². The van der Waals surface area contributed by atoms with Crippen molar-refractivity contribution in [2.24, 2.45) is 0 Å². The zero-order chi connectivity index (χ0) is 22.2. The summed E-state index contributed by atoms with van der Waals surface area (Å²) < 4.78 is 34.9. The lowest BCUT2D eigenvalue weighted by atomic mass is 10.1. The quantitative estimate of drug-likeness (QED) is 0.501. The van der Waals surface area contributed by atoms with Gasteiger partial charge in [-0.2, -0.15) is 5.10 Å². The number of halogens is 2. The molecule has 2 aromatic carbocycles. The number of nitrogens with one attached hydrogen (secondary N) is 1. The van der Waals surface area contributed by atoms with Crippen LogP contribution in [0.15, 0.2) is 60.9 Å². The molecule has 1 amide bonds. The maximum atomic E-state index is 14.4. The lowest BCUT2D eigenvalue weighted by molar-refractivity contribution is 0.215. The van der Waals surface area contributed by atoms with Gasteiger partial charge in [-0.25, -0.2) is 23.1 Å². The summed E-state index contributed by atoms with van der Waals surface area (Å²) in [6.45, 7) is 2.41. The van der Waals surface area contributed by atoms with Crippen LogP contribution in [-0.4, -0.2) is 27.2 Å². The van der Waals surface area contributed by atoms with Gasteiger partial charge < -0.3 is 9.64 Å². The zero-order valence-corrected chi connectivity index (χ0v) is 17.1. The lowest BCUT2D eigenvalue weighted by Crippen LogP contribution is -2.26. The van der Waals surface area contributed by atoms with Crippen LogP contribution in [0.25, 0.3) is 5.65 Å². The Bertz CT molecular complexity index is 1310. The molecular weight excluding hydrogens is 416 g/mol. The number of aromatic nitrogens is 3. The highest BCUT2D eigenvalue weighted by molar-refractivity contribution is 5.90. The highest BCUT2D eigenvalue weighted by Crippen LogP contribution is 2.35. The number of nitrogens with zero attached hydrogens (tertiary/aromatic N) is 4. The molecule has 0 bridgehead atoms. The Kier molecular flexibility index (Phi) is 4.93. The second-order valence-corrected chi connectivity index (χ2v) is 7.53. The van der Waals surface area contributed by atoms with Gasteiger partial charge in [0.15, 0.2) is 5.65 Å². The molecule has 0 saturated carbocycles. The van der Waals surface area contributed by atoms with Gasteiger partial charge in [0.25, 0.3) is 0 Å². The number of carbonyl (C=O) groups excluding carboxylic acids is 1. The summed E-state index contributed by atoms with van der Waals surface area (Å²) in [5, 5.41) is 6.93. The number of ether oxygens (including phenoxy) is 1. The van der Waals surface area contributed by atoms with E-state index in [-0.39, 0.29) is 5.56 Å². The maximum absolute atomic E-state index is 14.4. The Labute approximate surface area is 182 Å². The first-order valence-electron chi connectivity index (χ1n) is 10.1. The molecule has 5 rings (SSSR count). The molecule has 0 fully saturated rings. The number of hydrogen-bond acceptors (Lipinski definition) is 5. The van der Waals surface area contributed by atoms with Crippen molar-refractivity contribution < 1.29 is 18.3 Å². The van der Waals surface area contributed by atoms with Gasteiger partial charge in [-0.05, 0) is 43.7 Å². The van der Waals surface area contributed by atoms with Gasteiger partial charge in [0.05, 0.1) is 12.2 Å². The fourth-order valence-electron chi connectivity index (χ4n) is 3.91. The molecule has 4 aromatic rings. The van der Waals surface area contributed by atoms with Crippen LogP contribution in [0.5, 0.6) is 5.75 Å². The molecule has 7 nitrogen and oxygen atoms in total. The number of benzene rings is 2. The van der Waals surface area contributed by atoms with Crippen molar-refractivity contribution in [1.29, 1.82) is 0 Å². The number of rotatable bonds is 4. The topological polar surface area (TPSA) is 71.8 Å². The molecule has 1 atom stereocenters. The number of amides is 1. The van der Waals surface area contributed by atoms with Crippen LogP contribution < -0.4 is 15.0 Å². The van der Waals surface area contributed by atoms with Gasteiger partial charge in [-0.1, -0.05) is 18.2 Å². The molecule has 1 unspecified atom stereocenters. The van der Waals surface area contributed by atoms with E-state index in [2.05, 4.69) is 10.4 Å². The second kappa shape index (κ2) is 7.92. The van der Waals surface area contributed by atoms with E-state index in [1.54, 1.807) is 28.8 Å². The predicted octanol–water partition coefficient (Wildman–Crippen LogP) is 4.74. The first-order valence-corrected chi connectivity index (χ1v) is 10.1. The first-order chi connectivity index (χ1) is 15.5. The molecule has 1 N–H and O–H groups in total. The van der Waals surface area contributed by atoms with Crippen molar-refractivity contribution in [2.75, 3.05) is 16.8 Å². The molecule has 0 radical (unpaired) electrons. The van der Waals surface area contributed by atoms with Gasteiger partial charge in [0, 0.05) is 23.9 Å². The molecule has 3 heterocycles. The van der Waals surface area contributed by atoms with Crippen LogP contribution >= 0.6 is 0 Å². The van der Waals surface area contributed by atoms with Gasteiger partial charge in [-0.3, -0.25) is 5.32 Å². The van der Waals surface area contributed by atoms with Crippen molar-refractivity contribution in [2.45, 2.75) is 19.4 Å². The molecule has 2 aromatic heterocycles. The van der Waals surface area contributed by atoms with Crippen LogP contribution in [0.2, 0.25) is 0 Å². The number of anilines is 2. The molecule has 162 valence electrons. The van der Waals surface area contributed by atoms with E-state index in [9.17, 15) is 13.6 Å². The zero-order valence-electron chi connectivity index (χ0n) is 17.1. The van der Waals surface area contributed by atoms with Crippen molar-refractivity contribution >= 4 is 23.2 Å². The fraction of sp³-hybridized carbons (Fsp3) is 0.174. The van der Waals surface area contributed by atoms with Crippen molar-refractivity contribution in [3.63, 3.8) is 0 Å². The Morgan fingerprint density at radius 3 is 2.81 bits per heavy atom. The van der Waals surface area contributed by atoms with Crippen LogP contribution in [0.3, 0.4) is 0 Å². The average Bonchev–Trinajstić information content (AvgIpc) is 3.38. The van der Waals surface area contributed by atoms with Crippen LogP contribution in [0.4, 0.5) is 25.1 Å². The van der Waals surface area contributed by atoms with Crippen molar-refractivity contribution in [3.8, 4) is 5.75 Å². The Balaban J connectivity index is 1.43. The first kappa shape index (κ1) is 19.9. The Morgan fingerprint density at radius 1 is 1.19 bits per heavy atom. The number of carbonyl (C=O) groups is 1. The lowest BCUT2D eigenvalue weighted by Gasteiger charge is -2.27. The highest BCUT2D eigenvalue weighted by Gasteiger charge is 2.29. The summed E-state index contributed by atoms with van der Waals surface area (Å²) in [4.78, 5) is 18.9. The van der Waals surface area contributed by atoms with E-state index in [1.165, 1.54) is 12.3 Å². The summed E-state index contributed by atoms with van der Waals surface area (Å²) in [5.41, 5.74) is 2.00. The molecule has 9 heteroatoms. The Hall–Kier alpha value is -4.01. The molecule has 0 spiro atoms. The van der Waals surface area contributed by atoms with Crippen LogP contribution in [-0.2, 0) is 6.42 Å².